The van der Waals surface area contributed by atoms with E-state index in [9.17, 15) is 19.2 Å². The molecule has 0 aliphatic carbocycles. The van der Waals surface area contributed by atoms with Crippen molar-refractivity contribution >= 4 is 40.1 Å². The molecule has 0 bridgehead atoms. The number of hydrazine groups is 2. The lowest BCUT2D eigenvalue weighted by Gasteiger charge is -2.44. The van der Waals surface area contributed by atoms with Crippen LogP contribution in [-0.2, 0) is 6.54 Å². The lowest BCUT2D eigenvalue weighted by molar-refractivity contribution is -0.0479. The zero-order valence-electron chi connectivity index (χ0n) is 29.0. The summed E-state index contributed by atoms with van der Waals surface area (Å²) in [5.74, 6) is -1.83. The normalized spacial score (nSPS) is 15.4. The van der Waals surface area contributed by atoms with Crippen LogP contribution in [0.25, 0.3) is 10.8 Å². The number of amides is 4. The Morgan fingerprint density at radius 3 is 1.37 bits per heavy atom. The molecule has 254 valence electrons. The largest absolute Gasteiger partial charge is 0.280 e. The molecular weight excluding hydrogens is 612 g/mol. The van der Waals surface area contributed by atoms with Crippen molar-refractivity contribution in [3.63, 3.8) is 0 Å². The summed E-state index contributed by atoms with van der Waals surface area (Å²) in [7, 11) is 0. The fourth-order valence-electron chi connectivity index (χ4n) is 7.38. The van der Waals surface area contributed by atoms with E-state index in [-0.39, 0.29) is 29.8 Å². The summed E-state index contributed by atoms with van der Waals surface area (Å²) in [6.07, 6.45) is 8.10. The molecule has 2 heterocycles. The molecule has 4 aromatic rings. The second kappa shape index (κ2) is 14.7. The number of rotatable bonds is 15. The predicted molar refractivity (Wildman–Crippen MR) is 193 cm³/mol. The third-order valence-corrected chi connectivity index (χ3v) is 9.91. The molecule has 0 fully saturated rings. The lowest BCUT2D eigenvalue weighted by atomic mass is 9.86. The highest BCUT2D eigenvalue weighted by Gasteiger charge is 2.44. The molecule has 2 aliphatic rings. The molecule has 0 aromatic heterocycles. The van der Waals surface area contributed by atoms with Crippen molar-refractivity contribution in [3.8, 4) is 0 Å². The highest BCUT2D eigenvalue weighted by Crippen LogP contribution is 2.40. The summed E-state index contributed by atoms with van der Waals surface area (Å²) in [5, 5.41) is 6.99. The van der Waals surface area contributed by atoms with Gasteiger partial charge in [0.25, 0.3) is 23.6 Å². The van der Waals surface area contributed by atoms with Gasteiger partial charge in [-0.15, -0.1) is 0 Å². The van der Waals surface area contributed by atoms with Crippen LogP contribution in [0.2, 0.25) is 0 Å². The third-order valence-electron chi connectivity index (χ3n) is 9.91. The van der Waals surface area contributed by atoms with Crippen LogP contribution in [0.1, 0.15) is 126 Å². The zero-order chi connectivity index (χ0) is 34.7. The van der Waals surface area contributed by atoms with Crippen molar-refractivity contribution in [3.05, 3.63) is 113 Å². The molecule has 0 radical (unpaired) electrons. The number of carbonyl (C=O) groups is 4. The van der Waals surface area contributed by atoms with Crippen LogP contribution >= 0.6 is 0 Å². The van der Waals surface area contributed by atoms with E-state index < -0.39 is 23.6 Å². The maximum atomic E-state index is 14.5. The Bertz CT molecular complexity index is 1770. The van der Waals surface area contributed by atoms with E-state index in [1.165, 1.54) is 10.0 Å². The monoisotopic (exact) mass is 658 g/mol. The van der Waals surface area contributed by atoms with Crippen molar-refractivity contribution in [2.24, 2.45) is 0 Å². The molecular formula is C41H46N4O4. The average molecular weight is 659 g/mol. The standard InChI is InChI=1S/C41H46N4O4/c1-5-7-11-17-28(3)43(29(4)18-12-8-6-2)45-40(48)34-25-23-32-36-33(24-26-35(37(34)36)41(45)49)39(47)44(38(32)46)42(31-21-15-10-16-22-31)27-30-19-13-9-14-20-30/h9-10,13-16,19-26,28-29H,5-8,11-12,17-18,27H2,1-4H3. The van der Waals surface area contributed by atoms with E-state index in [0.717, 1.165) is 56.9 Å². The Balaban J connectivity index is 1.41. The number of benzene rings is 4. The highest BCUT2D eigenvalue weighted by molar-refractivity contribution is 6.33. The van der Waals surface area contributed by atoms with E-state index in [1.807, 2.05) is 65.7 Å². The van der Waals surface area contributed by atoms with E-state index in [1.54, 1.807) is 29.3 Å². The lowest BCUT2D eigenvalue weighted by Crippen LogP contribution is -2.58. The summed E-state index contributed by atoms with van der Waals surface area (Å²) < 4.78 is 0. The molecule has 0 spiro atoms. The van der Waals surface area contributed by atoms with Crippen LogP contribution < -0.4 is 5.01 Å². The van der Waals surface area contributed by atoms with Gasteiger partial charge in [-0.3, -0.25) is 24.2 Å². The number of carbonyl (C=O) groups excluding carboxylic acids is 4. The summed E-state index contributed by atoms with van der Waals surface area (Å²) in [4.78, 5) is 57.7. The van der Waals surface area contributed by atoms with Crippen LogP contribution in [0.5, 0.6) is 0 Å². The first-order valence-electron chi connectivity index (χ1n) is 17.8. The minimum Gasteiger partial charge on any atom is -0.271 e. The number of unbranched alkanes of at least 4 members (excludes halogenated alkanes) is 4. The van der Waals surface area contributed by atoms with Crippen LogP contribution in [-0.4, -0.2) is 50.7 Å². The van der Waals surface area contributed by atoms with E-state index in [4.69, 9.17) is 0 Å². The van der Waals surface area contributed by atoms with Crippen molar-refractivity contribution in [1.29, 1.82) is 0 Å². The van der Waals surface area contributed by atoms with Crippen LogP contribution in [0.15, 0.2) is 84.9 Å². The van der Waals surface area contributed by atoms with Gasteiger partial charge in [-0.25, -0.2) is 10.0 Å². The van der Waals surface area contributed by atoms with E-state index in [2.05, 4.69) is 27.7 Å². The Morgan fingerprint density at radius 1 is 0.531 bits per heavy atom. The maximum absolute atomic E-state index is 14.5. The molecule has 8 heteroatoms. The molecule has 49 heavy (non-hydrogen) atoms. The second-order valence-corrected chi connectivity index (χ2v) is 13.4. The molecule has 4 amide bonds. The molecule has 0 saturated heterocycles. The van der Waals surface area contributed by atoms with Crippen molar-refractivity contribution < 1.29 is 19.2 Å². The summed E-state index contributed by atoms with van der Waals surface area (Å²) in [6.45, 7) is 8.81. The highest BCUT2D eigenvalue weighted by atomic mass is 16.2. The first-order chi connectivity index (χ1) is 23.8. The van der Waals surface area contributed by atoms with Crippen molar-refractivity contribution in [2.45, 2.75) is 97.7 Å². The minimum atomic E-state index is -0.501. The Kier molecular flexibility index (Phi) is 10.2. The topological polar surface area (TPSA) is 81.2 Å². The molecule has 8 nitrogen and oxygen atoms in total. The van der Waals surface area contributed by atoms with Gasteiger partial charge in [-0.2, -0.15) is 5.01 Å². The quantitative estimate of drug-likeness (QED) is 0.0938. The molecule has 0 N–H and O–H groups in total. The summed E-state index contributed by atoms with van der Waals surface area (Å²) >= 11 is 0. The zero-order valence-corrected chi connectivity index (χ0v) is 29.0. The molecule has 2 unspecified atom stereocenters. The molecule has 4 aromatic carbocycles. The number of hydrogen-bond acceptors (Lipinski definition) is 6. The summed E-state index contributed by atoms with van der Waals surface area (Å²) in [6, 6.07) is 25.6. The first kappa shape index (κ1) is 34.1. The first-order valence-corrected chi connectivity index (χ1v) is 17.8. The van der Waals surface area contributed by atoms with Crippen LogP contribution in [0.3, 0.4) is 0 Å². The van der Waals surface area contributed by atoms with Gasteiger partial charge in [0.1, 0.15) is 0 Å². The van der Waals surface area contributed by atoms with Gasteiger partial charge in [0.2, 0.25) is 0 Å². The van der Waals surface area contributed by atoms with E-state index >= 15 is 0 Å². The Hall–Kier alpha value is -4.82. The fraction of sp³-hybridized carbons (Fsp3) is 0.366. The van der Waals surface area contributed by atoms with Gasteiger partial charge in [0.05, 0.1) is 34.5 Å². The average Bonchev–Trinajstić information content (AvgIpc) is 3.12. The van der Waals surface area contributed by atoms with Gasteiger partial charge in [0, 0.05) is 22.9 Å². The molecule has 2 atom stereocenters. The second-order valence-electron chi connectivity index (χ2n) is 13.4. The Morgan fingerprint density at radius 2 is 0.939 bits per heavy atom. The van der Waals surface area contributed by atoms with Gasteiger partial charge in [-0.05, 0) is 68.7 Å². The van der Waals surface area contributed by atoms with Crippen LogP contribution in [0, 0.1) is 0 Å². The maximum Gasteiger partial charge on any atom is 0.280 e. The van der Waals surface area contributed by atoms with Gasteiger partial charge in [0.15, 0.2) is 0 Å². The van der Waals surface area contributed by atoms with E-state index in [0.29, 0.717) is 27.6 Å². The van der Waals surface area contributed by atoms with Gasteiger partial charge in [-0.1, -0.05) is 101 Å². The Labute approximate surface area is 289 Å². The van der Waals surface area contributed by atoms with Crippen molar-refractivity contribution in [2.75, 3.05) is 5.01 Å². The number of anilines is 1. The summed E-state index contributed by atoms with van der Waals surface area (Å²) in [5.41, 5.74) is 2.85. The van der Waals surface area contributed by atoms with Crippen molar-refractivity contribution in [1.82, 2.24) is 15.0 Å². The van der Waals surface area contributed by atoms with Gasteiger partial charge >= 0.3 is 0 Å². The molecule has 2 aliphatic heterocycles. The molecule has 6 rings (SSSR count). The molecule has 0 saturated carbocycles. The fourth-order valence-corrected chi connectivity index (χ4v) is 7.38. The number of hydrogen-bond donors (Lipinski definition) is 0. The number of imide groups is 2. The van der Waals surface area contributed by atoms with Crippen LogP contribution in [0.4, 0.5) is 5.69 Å². The SMILES string of the molecule is CCCCCC(C)N(C(C)CCCCC)N1C(=O)c2ccc3c4c(ccc(c24)C1=O)C(=O)N(N(Cc1ccccc1)c1ccccc1)C3=O. The van der Waals surface area contributed by atoms with Gasteiger partial charge < -0.3 is 0 Å². The minimum absolute atomic E-state index is 0.0316. The smallest absolute Gasteiger partial charge is 0.271 e. The number of para-hydroxylation sites is 1. The number of nitrogens with zero attached hydrogens (tertiary/aromatic N) is 4. The third kappa shape index (κ3) is 6.37. The predicted octanol–water partition coefficient (Wildman–Crippen LogP) is 8.81.